The van der Waals surface area contributed by atoms with E-state index in [1.54, 1.807) is 0 Å². The topological polar surface area (TPSA) is 16.1 Å². The molecule has 1 aromatic heterocycles. The van der Waals surface area contributed by atoms with Crippen LogP contribution in [-0.4, -0.2) is 16.3 Å². The Kier molecular flexibility index (Phi) is 3.70. The van der Waals surface area contributed by atoms with E-state index in [0.29, 0.717) is 0 Å². The summed E-state index contributed by atoms with van der Waals surface area (Å²) in [7, 11) is 0. The number of thioether (sulfide) groups is 1. The Morgan fingerprint density at radius 1 is 1.10 bits per heavy atom. The van der Waals surface area contributed by atoms with Crippen LogP contribution in [0.5, 0.6) is 0 Å². The maximum Gasteiger partial charge on any atom is 0.133 e. The molecule has 3 rings (SSSR count). The molecule has 0 unspecified atom stereocenters. The standard InChI is InChI=1S/C18H22N2S/c1-13-16(21-18(2,3)4)9-10-17(19-13)20-12-11-14-7-5-6-8-15(14)20/h5-10H,11-12H2,1-4H3. The number of hydrogen-bond acceptors (Lipinski definition) is 3. The highest BCUT2D eigenvalue weighted by Crippen LogP contribution is 2.37. The van der Waals surface area contributed by atoms with Crippen LogP contribution < -0.4 is 4.90 Å². The van der Waals surface area contributed by atoms with Crippen molar-refractivity contribution >= 4 is 23.3 Å². The molecule has 0 aliphatic carbocycles. The van der Waals surface area contributed by atoms with Crippen LogP contribution in [-0.2, 0) is 6.42 Å². The van der Waals surface area contributed by atoms with E-state index in [1.807, 2.05) is 11.8 Å². The quantitative estimate of drug-likeness (QED) is 0.728. The first kappa shape index (κ1) is 14.5. The monoisotopic (exact) mass is 298 g/mol. The molecule has 0 spiro atoms. The fourth-order valence-electron chi connectivity index (χ4n) is 2.70. The molecule has 2 heterocycles. The van der Waals surface area contributed by atoms with E-state index in [4.69, 9.17) is 4.98 Å². The van der Waals surface area contributed by atoms with Crippen LogP contribution in [0, 0.1) is 6.92 Å². The van der Waals surface area contributed by atoms with Crippen molar-refractivity contribution in [2.75, 3.05) is 11.4 Å². The number of anilines is 2. The molecule has 0 saturated heterocycles. The van der Waals surface area contributed by atoms with Crippen molar-refractivity contribution in [3.05, 3.63) is 47.7 Å². The number of pyridine rings is 1. The van der Waals surface area contributed by atoms with Gasteiger partial charge in [-0.2, -0.15) is 0 Å². The fraction of sp³-hybridized carbons (Fsp3) is 0.389. The third kappa shape index (κ3) is 3.08. The first-order valence-electron chi connectivity index (χ1n) is 7.46. The van der Waals surface area contributed by atoms with Gasteiger partial charge < -0.3 is 4.90 Å². The Hall–Kier alpha value is -1.48. The van der Waals surface area contributed by atoms with E-state index in [1.165, 1.54) is 16.1 Å². The minimum Gasteiger partial charge on any atom is -0.326 e. The molecule has 1 aromatic carbocycles. The van der Waals surface area contributed by atoms with Gasteiger partial charge in [0.15, 0.2) is 0 Å². The second-order valence-corrected chi connectivity index (χ2v) is 8.37. The van der Waals surface area contributed by atoms with Gasteiger partial charge in [-0.15, -0.1) is 11.8 Å². The number of nitrogens with zero attached hydrogens (tertiary/aromatic N) is 2. The number of para-hydroxylation sites is 1. The summed E-state index contributed by atoms with van der Waals surface area (Å²) in [4.78, 5) is 8.45. The van der Waals surface area contributed by atoms with Crippen molar-refractivity contribution in [2.24, 2.45) is 0 Å². The summed E-state index contributed by atoms with van der Waals surface area (Å²) in [5.74, 6) is 1.07. The Morgan fingerprint density at radius 2 is 1.86 bits per heavy atom. The zero-order chi connectivity index (χ0) is 15.0. The van der Waals surface area contributed by atoms with Gasteiger partial charge in [0.05, 0.1) is 5.69 Å². The maximum atomic E-state index is 4.84. The molecule has 0 amide bonds. The van der Waals surface area contributed by atoms with Crippen LogP contribution in [0.4, 0.5) is 11.5 Å². The lowest BCUT2D eigenvalue weighted by Gasteiger charge is -2.22. The number of aryl methyl sites for hydroxylation is 1. The normalized spacial score (nSPS) is 14.4. The molecule has 0 saturated carbocycles. The van der Waals surface area contributed by atoms with Crippen molar-refractivity contribution < 1.29 is 0 Å². The fourth-order valence-corrected chi connectivity index (χ4v) is 3.69. The SMILES string of the molecule is Cc1nc(N2CCc3ccccc32)ccc1SC(C)(C)C. The van der Waals surface area contributed by atoms with Crippen LogP contribution in [0.3, 0.4) is 0 Å². The van der Waals surface area contributed by atoms with Crippen LogP contribution in [0.25, 0.3) is 0 Å². The number of benzene rings is 1. The summed E-state index contributed by atoms with van der Waals surface area (Å²) in [6.45, 7) is 9.85. The van der Waals surface area contributed by atoms with E-state index in [9.17, 15) is 0 Å². The van der Waals surface area contributed by atoms with Gasteiger partial charge in [0.25, 0.3) is 0 Å². The molecule has 0 radical (unpaired) electrons. The van der Waals surface area contributed by atoms with Gasteiger partial charge in [-0.1, -0.05) is 39.0 Å². The number of aromatic nitrogens is 1. The third-order valence-corrected chi connectivity index (χ3v) is 4.87. The largest absolute Gasteiger partial charge is 0.326 e. The summed E-state index contributed by atoms with van der Waals surface area (Å²) in [5.41, 5.74) is 3.85. The van der Waals surface area contributed by atoms with E-state index < -0.39 is 0 Å². The second-order valence-electron chi connectivity index (χ2n) is 6.50. The highest BCUT2D eigenvalue weighted by molar-refractivity contribution is 8.00. The average Bonchev–Trinajstić information content (AvgIpc) is 2.83. The highest BCUT2D eigenvalue weighted by atomic mass is 32.2. The summed E-state index contributed by atoms with van der Waals surface area (Å²) in [6.07, 6.45) is 1.11. The Bertz CT molecular complexity index is 659. The molecule has 2 nitrogen and oxygen atoms in total. The Morgan fingerprint density at radius 3 is 2.57 bits per heavy atom. The predicted molar refractivity (Wildman–Crippen MR) is 91.7 cm³/mol. The van der Waals surface area contributed by atoms with Gasteiger partial charge in [-0.3, -0.25) is 0 Å². The van der Waals surface area contributed by atoms with Crippen LogP contribution in [0.15, 0.2) is 41.3 Å². The molecule has 21 heavy (non-hydrogen) atoms. The highest BCUT2D eigenvalue weighted by Gasteiger charge is 2.21. The van der Waals surface area contributed by atoms with Gasteiger partial charge in [-0.05, 0) is 37.1 Å². The first-order valence-corrected chi connectivity index (χ1v) is 8.28. The first-order chi connectivity index (χ1) is 9.94. The molecule has 1 aliphatic rings. The van der Waals surface area contributed by atoms with Crippen molar-refractivity contribution in [1.82, 2.24) is 4.98 Å². The van der Waals surface area contributed by atoms with E-state index in [-0.39, 0.29) is 4.75 Å². The third-order valence-electron chi connectivity index (χ3n) is 3.60. The van der Waals surface area contributed by atoms with Gasteiger partial charge in [0.1, 0.15) is 5.82 Å². The molecule has 0 fully saturated rings. The van der Waals surface area contributed by atoms with E-state index in [0.717, 1.165) is 24.5 Å². The maximum absolute atomic E-state index is 4.84. The number of fused-ring (bicyclic) bond motifs is 1. The van der Waals surface area contributed by atoms with Crippen molar-refractivity contribution in [3.8, 4) is 0 Å². The lowest BCUT2D eigenvalue weighted by atomic mass is 10.2. The number of hydrogen-bond donors (Lipinski definition) is 0. The predicted octanol–water partition coefficient (Wildman–Crippen LogP) is 4.97. The average molecular weight is 298 g/mol. The summed E-state index contributed by atoms with van der Waals surface area (Å²) >= 11 is 1.88. The minimum absolute atomic E-state index is 0.216. The molecule has 110 valence electrons. The molecule has 1 aliphatic heterocycles. The lowest BCUT2D eigenvalue weighted by Crippen LogP contribution is -2.15. The van der Waals surface area contributed by atoms with Crippen molar-refractivity contribution in [3.63, 3.8) is 0 Å². The van der Waals surface area contributed by atoms with Gasteiger partial charge >= 0.3 is 0 Å². The summed E-state index contributed by atoms with van der Waals surface area (Å²) in [6, 6.07) is 13.0. The molecule has 0 N–H and O–H groups in total. The van der Waals surface area contributed by atoms with E-state index >= 15 is 0 Å². The second kappa shape index (κ2) is 5.38. The molecular formula is C18H22N2S. The minimum atomic E-state index is 0.216. The van der Waals surface area contributed by atoms with E-state index in [2.05, 4.69) is 69.0 Å². The van der Waals surface area contributed by atoms with Gasteiger partial charge in [-0.25, -0.2) is 4.98 Å². The van der Waals surface area contributed by atoms with Crippen LogP contribution >= 0.6 is 11.8 Å². The zero-order valence-corrected chi connectivity index (χ0v) is 14.0. The molecular weight excluding hydrogens is 276 g/mol. The Labute approximate surface area is 131 Å². The molecule has 0 bridgehead atoms. The summed E-state index contributed by atoms with van der Waals surface area (Å²) < 4.78 is 0.216. The number of rotatable bonds is 2. The molecule has 0 atom stereocenters. The van der Waals surface area contributed by atoms with Crippen LogP contribution in [0.2, 0.25) is 0 Å². The van der Waals surface area contributed by atoms with Gasteiger partial charge in [0.2, 0.25) is 0 Å². The Balaban J connectivity index is 1.90. The molecule has 2 aromatic rings. The van der Waals surface area contributed by atoms with Crippen LogP contribution in [0.1, 0.15) is 32.0 Å². The zero-order valence-electron chi connectivity index (χ0n) is 13.2. The molecule has 3 heteroatoms. The lowest BCUT2D eigenvalue weighted by molar-refractivity contribution is 0.801. The van der Waals surface area contributed by atoms with Crippen molar-refractivity contribution in [1.29, 1.82) is 0 Å². The summed E-state index contributed by atoms with van der Waals surface area (Å²) in [5, 5.41) is 0. The smallest absolute Gasteiger partial charge is 0.133 e. The van der Waals surface area contributed by atoms with Gasteiger partial charge in [0, 0.05) is 21.9 Å². The van der Waals surface area contributed by atoms with Crippen molar-refractivity contribution in [2.45, 2.75) is 43.8 Å².